The van der Waals surface area contributed by atoms with Crippen LogP contribution in [0.5, 0.6) is 0 Å². The van der Waals surface area contributed by atoms with Crippen molar-refractivity contribution in [1.82, 2.24) is 9.88 Å². The van der Waals surface area contributed by atoms with Crippen LogP contribution in [0.3, 0.4) is 0 Å². The van der Waals surface area contributed by atoms with Crippen molar-refractivity contribution in [3.63, 3.8) is 0 Å². The molecule has 134 valence electrons. The van der Waals surface area contributed by atoms with Gasteiger partial charge in [-0.15, -0.1) is 0 Å². The van der Waals surface area contributed by atoms with Gasteiger partial charge in [-0.05, 0) is 43.7 Å². The predicted octanol–water partition coefficient (Wildman–Crippen LogP) is 5.62. The number of pyridine rings is 1. The number of nitrogens with one attached hydrogen (secondary N) is 1. The monoisotopic (exact) mass is 385 g/mol. The van der Waals surface area contributed by atoms with Crippen LogP contribution in [-0.4, -0.2) is 29.0 Å². The summed E-state index contributed by atoms with van der Waals surface area (Å²) < 4.78 is 0. The van der Waals surface area contributed by atoms with E-state index in [4.69, 9.17) is 23.2 Å². The Labute approximate surface area is 163 Å². The van der Waals surface area contributed by atoms with Crippen molar-refractivity contribution in [2.24, 2.45) is 0 Å². The molecule has 3 aromatic rings. The Morgan fingerprint density at radius 1 is 1.08 bits per heavy atom. The maximum Gasteiger partial charge on any atom is 0.0465 e. The Kier molecular flexibility index (Phi) is 5.30. The van der Waals surface area contributed by atoms with Crippen molar-refractivity contribution >= 4 is 39.7 Å². The second-order valence-electron chi connectivity index (χ2n) is 6.82. The number of hydrogen-bond donors (Lipinski definition) is 1. The summed E-state index contributed by atoms with van der Waals surface area (Å²) in [7, 11) is 0. The van der Waals surface area contributed by atoms with Crippen LogP contribution in [0.4, 0.5) is 5.69 Å². The standard InChI is InChI=1S/C21H21Cl2N3/c22-19-6-2-7-20(23)18(19)14-26-11-3-5-16(13-26)25-21-8-1-4-15-12-24-10-9-17(15)21/h1-2,4,6-10,12,16,25H,3,5,11,13-14H2. The van der Waals surface area contributed by atoms with Crippen molar-refractivity contribution in [2.45, 2.75) is 25.4 Å². The molecule has 0 radical (unpaired) electrons. The zero-order valence-electron chi connectivity index (χ0n) is 14.5. The zero-order valence-corrected chi connectivity index (χ0v) is 16.0. The summed E-state index contributed by atoms with van der Waals surface area (Å²) in [6, 6.07) is 14.5. The molecule has 1 saturated heterocycles. The van der Waals surface area contributed by atoms with E-state index in [1.807, 2.05) is 30.6 Å². The van der Waals surface area contributed by atoms with Crippen LogP contribution in [0.2, 0.25) is 10.0 Å². The summed E-state index contributed by atoms with van der Waals surface area (Å²) in [5.41, 5.74) is 2.19. The van der Waals surface area contributed by atoms with Crippen LogP contribution < -0.4 is 5.32 Å². The predicted molar refractivity (Wildman–Crippen MR) is 110 cm³/mol. The fraction of sp³-hybridized carbons (Fsp3) is 0.286. The Bertz CT molecular complexity index is 887. The van der Waals surface area contributed by atoms with Gasteiger partial charge < -0.3 is 5.32 Å². The molecular weight excluding hydrogens is 365 g/mol. The molecule has 1 aliphatic heterocycles. The highest BCUT2D eigenvalue weighted by molar-refractivity contribution is 6.35. The number of anilines is 1. The van der Waals surface area contributed by atoms with Gasteiger partial charge in [-0.2, -0.15) is 0 Å². The number of fused-ring (bicyclic) bond motifs is 1. The smallest absolute Gasteiger partial charge is 0.0465 e. The molecule has 0 spiro atoms. The minimum absolute atomic E-state index is 0.406. The average Bonchev–Trinajstić information content (AvgIpc) is 2.66. The molecule has 1 aliphatic rings. The quantitative estimate of drug-likeness (QED) is 0.631. The number of likely N-dealkylation sites (tertiary alicyclic amines) is 1. The molecule has 1 unspecified atom stereocenters. The van der Waals surface area contributed by atoms with Gasteiger partial charge in [0.2, 0.25) is 0 Å². The Morgan fingerprint density at radius 2 is 1.88 bits per heavy atom. The Hall–Kier alpha value is -1.81. The van der Waals surface area contributed by atoms with Gasteiger partial charge in [0.25, 0.3) is 0 Å². The number of hydrogen-bond acceptors (Lipinski definition) is 3. The highest BCUT2D eigenvalue weighted by Crippen LogP contribution is 2.28. The van der Waals surface area contributed by atoms with Gasteiger partial charge in [-0.1, -0.05) is 41.4 Å². The van der Waals surface area contributed by atoms with Gasteiger partial charge in [0.05, 0.1) is 0 Å². The summed E-state index contributed by atoms with van der Waals surface area (Å²) in [6.45, 7) is 2.83. The topological polar surface area (TPSA) is 28.2 Å². The molecule has 0 amide bonds. The van der Waals surface area contributed by atoms with E-state index in [-0.39, 0.29) is 0 Å². The van der Waals surface area contributed by atoms with E-state index in [9.17, 15) is 0 Å². The van der Waals surface area contributed by atoms with E-state index in [1.165, 1.54) is 11.1 Å². The molecule has 2 aromatic carbocycles. The maximum absolute atomic E-state index is 6.35. The van der Waals surface area contributed by atoms with Gasteiger partial charge in [-0.3, -0.25) is 9.88 Å². The fourth-order valence-corrected chi connectivity index (χ4v) is 4.21. The lowest BCUT2D eigenvalue weighted by molar-refractivity contribution is 0.208. The first-order chi connectivity index (χ1) is 12.7. The molecule has 3 nitrogen and oxygen atoms in total. The van der Waals surface area contributed by atoms with Crippen LogP contribution in [0, 0.1) is 0 Å². The lowest BCUT2D eigenvalue weighted by Gasteiger charge is -2.34. The first-order valence-corrected chi connectivity index (χ1v) is 9.71. The third-order valence-corrected chi connectivity index (χ3v) is 5.70. The van der Waals surface area contributed by atoms with Gasteiger partial charge in [0.1, 0.15) is 0 Å². The SMILES string of the molecule is Clc1cccc(Cl)c1CN1CCCC(Nc2cccc3cnccc23)C1. The normalized spacial score (nSPS) is 18.2. The summed E-state index contributed by atoms with van der Waals surface area (Å²) in [4.78, 5) is 6.65. The van der Waals surface area contributed by atoms with Crippen molar-refractivity contribution in [3.05, 3.63) is 70.5 Å². The van der Waals surface area contributed by atoms with Crippen molar-refractivity contribution < 1.29 is 0 Å². The van der Waals surface area contributed by atoms with Gasteiger partial charge >= 0.3 is 0 Å². The van der Waals surface area contributed by atoms with Crippen LogP contribution in [0.25, 0.3) is 10.8 Å². The third-order valence-electron chi connectivity index (χ3n) is 4.99. The van der Waals surface area contributed by atoms with Crippen molar-refractivity contribution in [3.8, 4) is 0 Å². The fourth-order valence-electron chi connectivity index (χ4n) is 3.69. The molecule has 5 heteroatoms. The van der Waals surface area contributed by atoms with E-state index >= 15 is 0 Å². The van der Waals surface area contributed by atoms with E-state index in [1.54, 1.807) is 0 Å². The molecule has 1 atom stereocenters. The van der Waals surface area contributed by atoms with E-state index in [0.29, 0.717) is 6.04 Å². The summed E-state index contributed by atoms with van der Waals surface area (Å²) in [6.07, 6.45) is 6.08. The number of nitrogens with zero attached hydrogens (tertiary/aromatic N) is 2. The molecule has 1 fully saturated rings. The maximum atomic E-state index is 6.35. The molecular formula is C21H21Cl2N3. The highest BCUT2D eigenvalue weighted by Gasteiger charge is 2.21. The molecule has 0 bridgehead atoms. The van der Waals surface area contributed by atoms with Crippen LogP contribution in [-0.2, 0) is 6.54 Å². The molecule has 26 heavy (non-hydrogen) atoms. The number of rotatable bonds is 4. The van der Waals surface area contributed by atoms with E-state index in [2.05, 4.69) is 39.5 Å². The lowest BCUT2D eigenvalue weighted by atomic mass is 10.0. The Balaban J connectivity index is 1.48. The number of aromatic nitrogens is 1. The van der Waals surface area contributed by atoms with Crippen LogP contribution in [0.15, 0.2) is 54.9 Å². The van der Waals surface area contributed by atoms with E-state index < -0.39 is 0 Å². The molecule has 2 heterocycles. The molecule has 4 rings (SSSR count). The van der Waals surface area contributed by atoms with Crippen molar-refractivity contribution in [1.29, 1.82) is 0 Å². The number of halogens is 2. The summed E-state index contributed by atoms with van der Waals surface area (Å²) >= 11 is 12.7. The van der Waals surface area contributed by atoms with Gasteiger partial charge in [0, 0.05) is 63.6 Å². The van der Waals surface area contributed by atoms with E-state index in [0.717, 1.165) is 53.5 Å². The second-order valence-corrected chi connectivity index (χ2v) is 7.64. The first-order valence-electron chi connectivity index (χ1n) is 8.95. The zero-order chi connectivity index (χ0) is 17.9. The van der Waals surface area contributed by atoms with Crippen LogP contribution in [0.1, 0.15) is 18.4 Å². The number of benzene rings is 2. The lowest BCUT2D eigenvalue weighted by Crippen LogP contribution is -2.41. The van der Waals surface area contributed by atoms with Gasteiger partial charge in [-0.25, -0.2) is 0 Å². The largest absolute Gasteiger partial charge is 0.381 e. The minimum atomic E-state index is 0.406. The summed E-state index contributed by atoms with van der Waals surface area (Å²) in [5.74, 6) is 0. The van der Waals surface area contributed by atoms with Gasteiger partial charge in [0.15, 0.2) is 0 Å². The van der Waals surface area contributed by atoms with Crippen LogP contribution >= 0.6 is 23.2 Å². The highest BCUT2D eigenvalue weighted by atomic mass is 35.5. The minimum Gasteiger partial charge on any atom is -0.381 e. The average molecular weight is 386 g/mol. The molecule has 0 aliphatic carbocycles. The Morgan fingerprint density at radius 3 is 2.73 bits per heavy atom. The van der Waals surface area contributed by atoms with Crippen molar-refractivity contribution in [2.75, 3.05) is 18.4 Å². The molecule has 1 N–H and O–H groups in total. The number of piperidine rings is 1. The summed E-state index contributed by atoms with van der Waals surface area (Å²) in [5, 5.41) is 7.60. The first kappa shape index (κ1) is 17.6. The molecule has 0 saturated carbocycles. The third kappa shape index (κ3) is 3.80. The molecule has 1 aromatic heterocycles. The second kappa shape index (κ2) is 7.83.